The van der Waals surface area contributed by atoms with E-state index in [1.165, 1.54) is 0 Å². The molecule has 0 bridgehead atoms. The quantitative estimate of drug-likeness (QED) is 0.726. The zero-order valence-electron chi connectivity index (χ0n) is 12.3. The highest BCUT2D eigenvalue weighted by Gasteiger charge is 2.09. The number of aliphatic hydroxyl groups is 1. The lowest BCUT2D eigenvalue weighted by Gasteiger charge is -2.10. The van der Waals surface area contributed by atoms with E-state index < -0.39 is 6.10 Å². The van der Waals surface area contributed by atoms with Gasteiger partial charge < -0.3 is 15.2 Å². The third kappa shape index (κ3) is 3.37. The molecule has 22 heavy (non-hydrogen) atoms. The van der Waals surface area contributed by atoms with Crippen LogP contribution in [0.25, 0.3) is 10.2 Å². The van der Waals surface area contributed by atoms with E-state index in [1.54, 1.807) is 11.3 Å². The van der Waals surface area contributed by atoms with E-state index in [0.29, 0.717) is 13.2 Å². The zero-order chi connectivity index (χ0) is 15.4. The predicted molar refractivity (Wildman–Crippen MR) is 90.7 cm³/mol. The highest BCUT2D eigenvalue weighted by Crippen LogP contribution is 2.29. The number of benzene rings is 2. The molecular weight excluding hydrogens is 296 g/mol. The average Bonchev–Trinajstić information content (AvgIpc) is 2.96. The maximum atomic E-state index is 10.2. The second-order valence-electron chi connectivity index (χ2n) is 4.89. The Bertz CT molecular complexity index is 743. The van der Waals surface area contributed by atoms with Gasteiger partial charge in [-0.3, -0.25) is 0 Å². The predicted octanol–water partition coefficient (Wildman–Crippen LogP) is 3.84. The van der Waals surface area contributed by atoms with Gasteiger partial charge in [0.1, 0.15) is 5.75 Å². The Kier molecular flexibility index (Phi) is 4.56. The second kappa shape index (κ2) is 6.77. The summed E-state index contributed by atoms with van der Waals surface area (Å²) in [6.45, 7) is 3.05. The molecule has 1 aromatic heterocycles. The van der Waals surface area contributed by atoms with Crippen LogP contribution < -0.4 is 10.1 Å². The van der Waals surface area contributed by atoms with E-state index in [4.69, 9.17) is 4.74 Å². The molecule has 3 rings (SSSR count). The van der Waals surface area contributed by atoms with Crippen LogP contribution in [0.5, 0.6) is 5.75 Å². The van der Waals surface area contributed by atoms with E-state index in [9.17, 15) is 5.11 Å². The summed E-state index contributed by atoms with van der Waals surface area (Å²) >= 11 is 1.56. The first-order chi connectivity index (χ1) is 10.8. The lowest BCUT2D eigenvalue weighted by molar-refractivity contribution is 0.191. The summed E-state index contributed by atoms with van der Waals surface area (Å²) < 4.78 is 6.57. The van der Waals surface area contributed by atoms with Crippen molar-refractivity contribution in [1.29, 1.82) is 0 Å². The van der Waals surface area contributed by atoms with Crippen LogP contribution in [0.1, 0.15) is 18.6 Å². The maximum Gasteiger partial charge on any atom is 0.183 e. The van der Waals surface area contributed by atoms with Crippen molar-refractivity contribution in [3.8, 4) is 5.75 Å². The number of thiazole rings is 1. The van der Waals surface area contributed by atoms with Crippen LogP contribution in [0.2, 0.25) is 0 Å². The number of aliphatic hydroxyl groups excluding tert-OH is 1. The molecule has 0 fully saturated rings. The van der Waals surface area contributed by atoms with Gasteiger partial charge in [-0.15, -0.1) is 0 Å². The molecule has 4 nitrogen and oxygen atoms in total. The van der Waals surface area contributed by atoms with Gasteiger partial charge in [0.15, 0.2) is 5.13 Å². The van der Waals surface area contributed by atoms with Crippen molar-refractivity contribution in [1.82, 2.24) is 4.98 Å². The molecule has 1 heterocycles. The molecule has 0 aliphatic carbocycles. The highest BCUT2D eigenvalue weighted by atomic mass is 32.1. The van der Waals surface area contributed by atoms with Gasteiger partial charge in [-0.1, -0.05) is 41.7 Å². The van der Waals surface area contributed by atoms with E-state index in [1.807, 2.05) is 55.5 Å². The summed E-state index contributed by atoms with van der Waals surface area (Å²) in [6, 6.07) is 15.5. The number of rotatable bonds is 6. The first-order valence-electron chi connectivity index (χ1n) is 7.26. The van der Waals surface area contributed by atoms with Gasteiger partial charge in [0, 0.05) is 6.54 Å². The normalized spacial score (nSPS) is 12.3. The molecule has 2 aromatic carbocycles. The summed E-state index contributed by atoms with van der Waals surface area (Å²) in [7, 11) is 0. The Hall–Kier alpha value is -2.11. The monoisotopic (exact) mass is 314 g/mol. The minimum absolute atomic E-state index is 0.433. The molecule has 0 aliphatic heterocycles. The summed E-state index contributed by atoms with van der Waals surface area (Å²) in [5, 5.41) is 14.2. The fourth-order valence-electron chi connectivity index (χ4n) is 2.21. The minimum atomic E-state index is -0.549. The van der Waals surface area contributed by atoms with Crippen LogP contribution in [0.3, 0.4) is 0 Å². The van der Waals surface area contributed by atoms with Gasteiger partial charge in [0.25, 0.3) is 0 Å². The Balaban J connectivity index is 1.69. The van der Waals surface area contributed by atoms with Gasteiger partial charge in [-0.25, -0.2) is 4.98 Å². The number of ether oxygens (including phenoxy) is 1. The van der Waals surface area contributed by atoms with E-state index in [2.05, 4.69) is 10.3 Å². The molecule has 0 spiro atoms. The standard InChI is InChI=1S/C17H18N2O2S/c1-2-21-13-8-9-14-16(10-13)22-17(19-14)18-11-15(20)12-6-4-3-5-7-12/h3-10,15,20H,2,11H2,1H3,(H,18,19). The Morgan fingerprint density at radius 1 is 1.23 bits per heavy atom. The first kappa shape index (κ1) is 14.8. The summed E-state index contributed by atoms with van der Waals surface area (Å²) in [5.41, 5.74) is 1.83. The molecule has 0 aliphatic rings. The Morgan fingerprint density at radius 2 is 2.05 bits per heavy atom. The molecule has 0 radical (unpaired) electrons. The molecule has 5 heteroatoms. The van der Waals surface area contributed by atoms with E-state index in [-0.39, 0.29) is 0 Å². The van der Waals surface area contributed by atoms with Crippen molar-refractivity contribution in [2.45, 2.75) is 13.0 Å². The van der Waals surface area contributed by atoms with Crippen molar-refractivity contribution < 1.29 is 9.84 Å². The zero-order valence-corrected chi connectivity index (χ0v) is 13.1. The third-order valence-corrected chi connectivity index (χ3v) is 4.28. The Labute approximate surface area is 133 Å². The second-order valence-corrected chi connectivity index (χ2v) is 5.92. The van der Waals surface area contributed by atoms with Crippen LogP contribution in [-0.4, -0.2) is 23.2 Å². The maximum absolute atomic E-state index is 10.2. The summed E-state index contributed by atoms with van der Waals surface area (Å²) in [5.74, 6) is 0.856. The Morgan fingerprint density at radius 3 is 2.82 bits per heavy atom. The molecule has 0 saturated carbocycles. The van der Waals surface area contributed by atoms with Crippen molar-refractivity contribution in [3.63, 3.8) is 0 Å². The summed E-state index contributed by atoms with van der Waals surface area (Å²) in [4.78, 5) is 4.52. The highest BCUT2D eigenvalue weighted by molar-refractivity contribution is 7.22. The van der Waals surface area contributed by atoms with Crippen LogP contribution in [0.15, 0.2) is 48.5 Å². The lowest BCUT2D eigenvalue weighted by Crippen LogP contribution is -2.11. The van der Waals surface area contributed by atoms with Gasteiger partial charge in [-0.2, -0.15) is 0 Å². The molecule has 3 aromatic rings. The van der Waals surface area contributed by atoms with Crippen LogP contribution in [0, 0.1) is 0 Å². The topological polar surface area (TPSA) is 54.4 Å². The number of anilines is 1. The van der Waals surface area contributed by atoms with Gasteiger partial charge in [0.2, 0.25) is 0 Å². The van der Waals surface area contributed by atoms with Crippen LogP contribution >= 0.6 is 11.3 Å². The average molecular weight is 314 g/mol. The molecule has 1 atom stereocenters. The number of hydrogen-bond acceptors (Lipinski definition) is 5. The largest absolute Gasteiger partial charge is 0.494 e. The molecule has 0 saturated heterocycles. The van der Waals surface area contributed by atoms with Gasteiger partial charge in [-0.05, 0) is 30.7 Å². The van der Waals surface area contributed by atoms with Crippen LogP contribution in [0.4, 0.5) is 5.13 Å². The summed E-state index contributed by atoms with van der Waals surface area (Å²) in [6.07, 6.45) is -0.549. The smallest absolute Gasteiger partial charge is 0.183 e. The van der Waals surface area contributed by atoms with Crippen molar-refractivity contribution in [2.75, 3.05) is 18.5 Å². The molecule has 0 amide bonds. The fourth-order valence-corrected chi connectivity index (χ4v) is 3.12. The molecular formula is C17H18N2O2S. The van der Waals surface area contributed by atoms with Gasteiger partial charge in [0.05, 0.1) is 22.9 Å². The van der Waals surface area contributed by atoms with Crippen molar-refractivity contribution >= 4 is 26.7 Å². The number of nitrogens with zero attached hydrogens (tertiary/aromatic N) is 1. The third-order valence-electron chi connectivity index (χ3n) is 3.30. The number of nitrogens with one attached hydrogen (secondary N) is 1. The molecule has 1 unspecified atom stereocenters. The van der Waals surface area contributed by atoms with Crippen molar-refractivity contribution in [2.24, 2.45) is 0 Å². The van der Waals surface area contributed by atoms with Gasteiger partial charge >= 0.3 is 0 Å². The molecule has 2 N–H and O–H groups in total. The number of aromatic nitrogens is 1. The number of hydrogen-bond donors (Lipinski definition) is 2. The van der Waals surface area contributed by atoms with Crippen molar-refractivity contribution in [3.05, 3.63) is 54.1 Å². The molecule has 114 valence electrons. The SMILES string of the molecule is CCOc1ccc2nc(NCC(O)c3ccccc3)sc2c1. The van der Waals surface area contributed by atoms with E-state index >= 15 is 0 Å². The van der Waals surface area contributed by atoms with Crippen LogP contribution in [-0.2, 0) is 0 Å². The lowest BCUT2D eigenvalue weighted by atomic mass is 10.1. The number of fused-ring (bicyclic) bond motifs is 1. The van der Waals surface area contributed by atoms with E-state index in [0.717, 1.165) is 26.7 Å². The fraction of sp³-hybridized carbons (Fsp3) is 0.235. The first-order valence-corrected chi connectivity index (χ1v) is 8.08. The minimum Gasteiger partial charge on any atom is -0.494 e.